The average molecular weight is 223 g/mol. The summed E-state index contributed by atoms with van der Waals surface area (Å²) in [6.07, 6.45) is 10.5. The summed E-state index contributed by atoms with van der Waals surface area (Å²) in [5.41, 5.74) is 0. The van der Waals surface area contributed by atoms with Crippen LogP contribution in [-0.2, 0) is 0 Å². The molecular formula is C15H29N. The second-order valence-electron chi connectivity index (χ2n) is 6.19. The number of hydrogen-bond donors (Lipinski definition) is 1. The monoisotopic (exact) mass is 223 g/mol. The van der Waals surface area contributed by atoms with Gasteiger partial charge >= 0.3 is 0 Å². The summed E-state index contributed by atoms with van der Waals surface area (Å²) in [4.78, 5) is 0. The fraction of sp³-hybridized carbons (Fsp3) is 1.00. The minimum atomic E-state index is 0.996. The second kappa shape index (κ2) is 6.05. The van der Waals surface area contributed by atoms with E-state index in [9.17, 15) is 0 Å². The first-order chi connectivity index (χ1) is 7.81. The minimum absolute atomic E-state index is 0.996. The van der Waals surface area contributed by atoms with Crippen molar-refractivity contribution in [3.8, 4) is 0 Å². The smallest absolute Gasteiger partial charge is 0.00179 e. The molecule has 0 aromatic rings. The molecule has 0 saturated heterocycles. The second-order valence-corrected chi connectivity index (χ2v) is 6.19. The molecule has 0 aliphatic heterocycles. The molecule has 94 valence electrons. The van der Waals surface area contributed by atoms with Crippen LogP contribution in [0.15, 0.2) is 0 Å². The molecule has 0 aromatic carbocycles. The Kier molecular flexibility index (Phi) is 4.69. The molecule has 0 bridgehead atoms. The van der Waals surface area contributed by atoms with Crippen LogP contribution in [-0.4, -0.2) is 13.1 Å². The maximum Gasteiger partial charge on any atom is -0.00179 e. The third kappa shape index (κ3) is 3.00. The summed E-state index contributed by atoms with van der Waals surface area (Å²) in [5, 5.41) is 3.57. The van der Waals surface area contributed by atoms with Gasteiger partial charge in [0.15, 0.2) is 0 Å². The van der Waals surface area contributed by atoms with Gasteiger partial charge in [-0.05, 0) is 56.0 Å². The Morgan fingerprint density at radius 2 is 1.88 bits per heavy atom. The zero-order valence-corrected chi connectivity index (χ0v) is 11.2. The van der Waals surface area contributed by atoms with E-state index in [1.807, 2.05) is 0 Å². The quantitative estimate of drug-likeness (QED) is 0.763. The van der Waals surface area contributed by atoms with Gasteiger partial charge in [0.25, 0.3) is 0 Å². The van der Waals surface area contributed by atoms with Crippen LogP contribution in [0.4, 0.5) is 0 Å². The van der Waals surface area contributed by atoms with Crippen LogP contribution in [0, 0.1) is 23.7 Å². The molecule has 1 heteroatoms. The zero-order valence-electron chi connectivity index (χ0n) is 11.2. The highest BCUT2D eigenvalue weighted by Crippen LogP contribution is 2.43. The van der Waals surface area contributed by atoms with Crippen molar-refractivity contribution in [2.24, 2.45) is 23.7 Å². The summed E-state index contributed by atoms with van der Waals surface area (Å²) < 4.78 is 0. The van der Waals surface area contributed by atoms with Crippen molar-refractivity contribution in [3.63, 3.8) is 0 Å². The van der Waals surface area contributed by atoms with Crippen molar-refractivity contribution >= 4 is 0 Å². The van der Waals surface area contributed by atoms with Crippen molar-refractivity contribution in [3.05, 3.63) is 0 Å². The molecule has 2 saturated carbocycles. The molecule has 2 fully saturated rings. The lowest BCUT2D eigenvalue weighted by Gasteiger charge is -2.34. The van der Waals surface area contributed by atoms with Gasteiger partial charge in [0, 0.05) is 0 Å². The van der Waals surface area contributed by atoms with Crippen molar-refractivity contribution in [1.82, 2.24) is 5.32 Å². The summed E-state index contributed by atoms with van der Waals surface area (Å²) in [5.74, 6) is 4.12. The Labute approximate surface area is 101 Å². The molecule has 16 heavy (non-hydrogen) atoms. The highest BCUT2D eigenvalue weighted by Gasteiger charge is 2.34. The molecule has 0 amide bonds. The Morgan fingerprint density at radius 1 is 1.06 bits per heavy atom. The van der Waals surface area contributed by atoms with E-state index in [1.165, 1.54) is 51.5 Å². The van der Waals surface area contributed by atoms with E-state index < -0.39 is 0 Å². The highest BCUT2D eigenvalue weighted by atomic mass is 14.8. The zero-order chi connectivity index (χ0) is 11.4. The van der Waals surface area contributed by atoms with Gasteiger partial charge in [-0.1, -0.05) is 39.5 Å². The van der Waals surface area contributed by atoms with Crippen LogP contribution < -0.4 is 5.32 Å². The first-order valence-corrected chi connectivity index (χ1v) is 7.52. The van der Waals surface area contributed by atoms with Crippen molar-refractivity contribution in [2.75, 3.05) is 13.1 Å². The van der Waals surface area contributed by atoms with Gasteiger partial charge in [-0.25, -0.2) is 0 Å². The number of hydrogen-bond acceptors (Lipinski definition) is 1. The fourth-order valence-corrected chi connectivity index (χ4v) is 4.14. The van der Waals surface area contributed by atoms with Gasteiger partial charge in [0.1, 0.15) is 0 Å². The van der Waals surface area contributed by atoms with Gasteiger partial charge in [-0.3, -0.25) is 0 Å². The third-order valence-electron chi connectivity index (χ3n) is 4.96. The summed E-state index contributed by atoms with van der Waals surface area (Å²) >= 11 is 0. The van der Waals surface area contributed by atoms with E-state index in [4.69, 9.17) is 0 Å². The van der Waals surface area contributed by atoms with E-state index >= 15 is 0 Å². The van der Waals surface area contributed by atoms with Gasteiger partial charge < -0.3 is 5.32 Å². The minimum Gasteiger partial charge on any atom is -0.317 e. The van der Waals surface area contributed by atoms with E-state index in [-0.39, 0.29) is 0 Å². The maximum absolute atomic E-state index is 3.57. The number of rotatable bonds is 4. The van der Waals surface area contributed by atoms with Gasteiger partial charge in [0.2, 0.25) is 0 Å². The molecular weight excluding hydrogens is 194 g/mol. The first-order valence-electron chi connectivity index (χ1n) is 7.52. The lowest BCUT2D eigenvalue weighted by atomic mass is 9.72. The van der Waals surface area contributed by atoms with Gasteiger partial charge in [0.05, 0.1) is 0 Å². The number of nitrogens with one attached hydrogen (secondary N) is 1. The molecule has 1 N–H and O–H groups in total. The van der Waals surface area contributed by atoms with Crippen LogP contribution in [0.2, 0.25) is 0 Å². The predicted octanol–water partition coefficient (Wildman–Crippen LogP) is 3.84. The molecule has 0 spiro atoms. The molecule has 4 atom stereocenters. The van der Waals surface area contributed by atoms with Crippen molar-refractivity contribution in [2.45, 2.75) is 58.8 Å². The lowest BCUT2D eigenvalue weighted by molar-refractivity contribution is 0.168. The maximum atomic E-state index is 3.57. The highest BCUT2D eigenvalue weighted by molar-refractivity contribution is 4.86. The Hall–Kier alpha value is -0.0400. The molecule has 2 aliphatic carbocycles. The first kappa shape index (κ1) is 12.4. The summed E-state index contributed by atoms with van der Waals surface area (Å²) in [6.45, 7) is 7.11. The average Bonchev–Trinajstić information content (AvgIpc) is 2.74. The third-order valence-corrected chi connectivity index (χ3v) is 4.96. The van der Waals surface area contributed by atoms with Crippen LogP contribution >= 0.6 is 0 Å². The molecule has 2 aliphatic rings. The van der Waals surface area contributed by atoms with Crippen LogP contribution in [0.1, 0.15) is 58.8 Å². The van der Waals surface area contributed by atoms with E-state index in [0.29, 0.717) is 0 Å². The van der Waals surface area contributed by atoms with E-state index in [0.717, 1.165) is 30.2 Å². The predicted molar refractivity (Wildman–Crippen MR) is 70.5 cm³/mol. The summed E-state index contributed by atoms with van der Waals surface area (Å²) in [7, 11) is 0. The lowest BCUT2D eigenvalue weighted by Crippen LogP contribution is -2.30. The van der Waals surface area contributed by atoms with Gasteiger partial charge in [-0.15, -0.1) is 0 Å². The molecule has 0 heterocycles. The Bertz CT molecular complexity index is 202. The van der Waals surface area contributed by atoms with E-state index in [2.05, 4.69) is 19.2 Å². The molecule has 2 rings (SSSR count). The SMILES string of the molecule is CCNCC1CCCC1C1CCCC(C)C1. The van der Waals surface area contributed by atoms with Crippen molar-refractivity contribution in [1.29, 1.82) is 0 Å². The topological polar surface area (TPSA) is 12.0 Å². The fourth-order valence-electron chi connectivity index (χ4n) is 4.14. The van der Waals surface area contributed by atoms with Crippen molar-refractivity contribution < 1.29 is 0 Å². The molecule has 1 nitrogen and oxygen atoms in total. The van der Waals surface area contributed by atoms with Crippen LogP contribution in [0.25, 0.3) is 0 Å². The molecule has 0 radical (unpaired) electrons. The largest absolute Gasteiger partial charge is 0.317 e. The van der Waals surface area contributed by atoms with Crippen LogP contribution in [0.3, 0.4) is 0 Å². The van der Waals surface area contributed by atoms with Crippen LogP contribution in [0.5, 0.6) is 0 Å². The molecule has 0 aromatic heterocycles. The summed E-state index contributed by atoms with van der Waals surface area (Å²) in [6, 6.07) is 0. The molecule has 4 unspecified atom stereocenters. The Balaban J connectivity index is 1.86. The van der Waals surface area contributed by atoms with Gasteiger partial charge in [-0.2, -0.15) is 0 Å². The Morgan fingerprint density at radius 3 is 2.62 bits per heavy atom. The standard InChI is InChI=1S/C15H29N/c1-3-16-11-14-8-5-9-15(14)13-7-4-6-12(2)10-13/h12-16H,3-11H2,1-2H3. The van der Waals surface area contributed by atoms with E-state index in [1.54, 1.807) is 0 Å². The normalized spacial score (nSPS) is 40.1.